The van der Waals surface area contributed by atoms with E-state index in [0.29, 0.717) is 6.07 Å². The van der Waals surface area contributed by atoms with Gasteiger partial charge in [-0.3, -0.25) is 14.8 Å². The molecule has 94 valence electrons. The number of nitrogens with two attached hydrogens (primary N) is 1. The van der Waals surface area contributed by atoms with E-state index in [2.05, 4.69) is 5.10 Å². The van der Waals surface area contributed by atoms with E-state index in [4.69, 9.17) is 5.73 Å². The number of hydrogen-bond acceptors (Lipinski definition) is 4. The van der Waals surface area contributed by atoms with Crippen molar-refractivity contribution in [2.24, 2.45) is 7.05 Å². The van der Waals surface area contributed by atoms with Gasteiger partial charge in [0.05, 0.1) is 16.7 Å². The average Bonchev–Trinajstić information content (AvgIpc) is 2.61. The zero-order chi connectivity index (χ0) is 13.4. The minimum Gasteiger partial charge on any atom is -0.384 e. The Bertz CT molecular complexity index is 620. The van der Waals surface area contributed by atoms with E-state index in [-0.39, 0.29) is 17.1 Å². The first-order valence-electron chi connectivity index (χ1n) is 4.83. The lowest BCUT2D eigenvalue weighted by molar-refractivity contribution is -0.387. The van der Waals surface area contributed by atoms with E-state index in [1.165, 1.54) is 17.8 Å². The van der Waals surface area contributed by atoms with Gasteiger partial charge in [-0.1, -0.05) is 0 Å². The summed E-state index contributed by atoms with van der Waals surface area (Å²) in [5, 5.41) is 14.4. The molecule has 0 spiro atoms. The second kappa shape index (κ2) is 4.06. The summed E-state index contributed by atoms with van der Waals surface area (Å²) >= 11 is 0. The summed E-state index contributed by atoms with van der Waals surface area (Å²) in [6.07, 6.45) is 0. The van der Waals surface area contributed by atoms with Crippen molar-refractivity contribution in [2.75, 3.05) is 5.73 Å². The number of nitrogens with zero attached hydrogens (tertiary/aromatic N) is 3. The van der Waals surface area contributed by atoms with Crippen LogP contribution in [0.3, 0.4) is 0 Å². The highest BCUT2D eigenvalue weighted by atomic mass is 19.1. The summed E-state index contributed by atoms with van der Waals surface area (Å²) in [4.78, 5) is 9.59. The molecule has 0 atom stereocenters. The first-order chi connectivity index (χ1) is 8.40. The topological polar surface area (TPSA) is 87.0 Å². The number of anilines is 1. The second-order valence-corrected chi connectivity index (χ2v) is 3.62. The Morgan fingerprint density at radius 3 is 2.56 bits per heavy atom. The monoisotopic (exact) mass is 254 g/mol. The molecule has 1 aromatic heterocycles. The number of nitro groups is 1. The second-order valence-electron chi connectivity index (χ2n) is 3.62. The number of halogens is 2. The third-order valence-electron chi connectivity index (χ3n) is 2.41. The molecule has 0 radical (unpaired) electrons. The van der Waals surface area contributed by atoms with Gasteiger partial charge >= 0.3 is 5.69 Å². The third kappa shape index (κ3) is 1.88. The zero-order valence-corrected chi connectivity index (χ0v) is 9.22. The SMILES string of the molecule is Cn1nc(-c2cc(F)cc([N+](=O)[O-])c2F)cc1N. The zero-order valence-electron chi connectivity index (χ0n) is 9.22. The summed E-state index contributed by atoms with van der Waals surface area (Å²) in [6, 6.07) is 2.66. The van der Waals surface area contributed by atoms with E-state index >= 15 is 0 Å². The molecule has 0 aliphatic rings. The summed E-state index contributed by atoms with van der Waals surface area (Å²) in [5.74, 6) is -1.82. The molecule has 0 saturated heterocycles. The van der Waals surface area contributed by atoms with Gasteiger partial charge in [0.2, 0.25) is 5.82 Å². The van der Waals surface area contributed by atoms with Gasteiger partial charge in [0.25, 0.3) is 0 Å². The molecule has 0 fully saturated rings. The van der Waals surface area contributed by atoms with E-state index in [1.54, 1.807) is 0 Å². The Kier molecular flexibility index (Phi) is 2.70. The number of aromatic nitrogens is 2. The Balaban J connectivity index is 2.67. The van der Waals surface area contributed by atoms with Crippen molar-refractivity contribution >= 4 is 11.5 Å². The number of nitrogen functional groups attached to an aromatic ring is 1. The van der Waals surface area contributed by atoms with Gasteiger partial charge in [-0.25, -0.2) is 4.39 Å². The molecule has 0 aliphatic carbocycles. The van der Waals surface area contributed by atoms with Crippen molar-refractivity contribution in [1.82, 2.24) is 9.78 Å². The minimum absolute atomic E-state index is 0.0371. The molecule has 2 rings (SSSR count). The number of benzene rings is 1. The van der Waals surface area contributed by atoms with Gasteiger partial charge in [-0.15, -0.1) is 0 Å². The lowest BCUT2D eigenvalue weighted by atomic mass is 10.1. The van der Waals surface area contributed by atoms with Crippen molar-refractivity contribution in [3.8, 4) is 11.3 Å². The van der Waals surface area contributed by atoms with Gasteiger partial charge in [0.15, 0.2) is 0 Å². The molecule has 0 aliphatic heterocycles. The molecule has 0 bridgehead atoms. The van der Waals surface area contributed by atoms with Crippen molar-refractivity contribution < 1.29 is 13.7 Å². The van der Waals surface area contributed by atoms with Crippen LogP contribution < -0.4 is 5.73 Å². The van der Waals surface area contributed by atoms with Crippen molar-refractivity contribution in [3.63, 3.8) is 0 Å². The molecule has 0 unspecified atom stereocenters. The maximum Gasteiger partial charge on any atom is 0.308 e. The predicted molar refractivity (Wildman–Crippen MR) is 59.6 cm³/mol. The lowest BCUT2D eigenvalue weighted by Crippen LogP contribution is -1.98. The maximum atomic E-state index is 13.8. The molecule has 2 aromatic rings. The summed E-state index contributed by atoms with van der Waals surface area (Å²) in [6.45, 7) is 0. The Hall–Kier alpha value is -2.51. The Labute approximate surface area is 99.8 Å². The van der Waals surface area contributed by atoms with Crippen LogP contribution >= 0.6 is 0 Å². The summed E-state index contributed by atoms with van der Waals surface area (Å²) in [7, 11) is 1.52. The van der Waals surface area contributed by atoms with Crippen LogP contribution in [0.2, 0.25) is 0 Å². The van der Waals surface area contributed by atoms with Gasteiger partial charge in [0, 0.05) is 18.7 Å². The predicted octanol–water partition coefficient (Wildman–Crippen LogP) is 1.86. The highest BCUT2D eigenvalue weighted by molar-refractivity contribution is 5.66. The van der Waals surface area contributed by atoms with Gasteiger partial charge < -0.3 is 5.73 Å². The van der Waals surface area contributed by atoms with Crippen LogP contribution in [0.4, 0.5) is 20.3 Å². The standard InChI is InChI=1S/C10H8F2N4O2/c1-15-9(13)4-7(14-15)6-2-5(11)3-8(10(6)12)16(17)18/h2-4H,13H2,1H3. The fourth-order valence-electron chi connectivity index (χ4n) is 1.51. The van der Waals surface area contributed by atoms with E-state index in [0.717, 1.165) is 6.07 Å². The highest BCUT2D eigenvalue weighted by Gasteiger charge is 2.22. The molecule has 6 nitrogen and oxygen atoms in total. The molecule has 1 heterocycles. The van der Waals surface area contributed by atoms with Crippen LogP contribution in [0.1, 0.15) is 0 Å². The van der Waals surface area contributed by atoms with E-state index in [1.807, 2.05) is 0 Å². The van der Waals surface area contributed by atoms with Crippen molar-refractivity contribution in [2.45, 2.75) is 0 Å². The smallest absolute Gasteiger partial charge is 0.308 e. The first-order valence-corrected chi connectivity index (χ1v) is 4.83. The van der Waals surface area contributed by atoms with Crippen LogP contribution in [0.25, 0.3) is 11.3 Å². The van der Waals surface area contributed by atoms with Crippen LogP contribution in [-0.2, 0) is 7.05 Å². The summed E-state index contributed by atoms with van der Waals surface area (Å²) < 4.78 is 28.3. The van der Waals surface area contributed by atoms with Crippen molar-refractivity contribution in [1.29, 1.82) is 0 Å². The quantitative estimate of drug-likeness (QED) is 0.654. The van der Waals surface area contributed by atoms with Crippen molar-refractivity contribution in [3.05, 3.63) is 39.9 Å². The fraction of sp³-hybridized carbons (Fsp3) is 0.100. The van der Waals surface area contributed by atoms with Crippen LogP contribution in [0.5, 0.6) is 0 Å². The normalized spacial score (nSPS) is 10.6. The first kappa shape index (κ1) is 12.0. The highest BCUT2D eigenvalue weighted by Crippen LogP contribution is 2.30. The minimum atomic E-state index is -1.14. The number of aryl methyl sites for hydroxylation is 1. The third-order valence-corrected chi connectivity index (χ3v) is 2.41. The van der Waals surface area contributed by atoms with Crippen LogP contribution in [-0.4, -0.2) is 14.7 Å². The number of rotatable bonds is 2. The Morgan fingerprint density at radius 2 is 2.06 bits per heavy atom. The molecular weight excluding hydrogens is 246 g/mol. The Morgan fingerprint density at radius 1 is 1.39 bits per heavy atom. The van der Waals surface area contributed by atoms with Crippen LogP contribution in [0, 0.1) is 21.7 Å². The lowest BCUT2D eigenvalue weighted by Gasteiger charge is -2.01. The number of hydrogen-bond donors (Lipinski definition) is 1. The largest absolute Gasteiger partial charge is 0.384 e. The molecule has 0 saturated carbocycles. The fourth-order valence-corrected chi connectivity index (χ4v) is 1.51. The maximum absolute atomic E-state index is 13.8. The molecule has 0 amide bonds. The molecular formula is C10H8F2N4O2. The molecule has 1 aromatic carbocycles. The molecule has 2 N–H and O–H groups in total. The van der Waals surface area contributed by atoms with E-state index in [9.17, 15) is 18.9 Å². The van der Waals surface area contributed by atoms with Gasteiger partial charge in [-0.05, 0) is 6.07 Å². The van der Waals surface area contributed by atoms with Crippen LogP contribution in [0.15, 0.2) is 18.2 Å². The van der Waals surface area contributed by atoms with Gasteiger partial charge in [0.1, 0.15) is 11.6 Å². The molecule has 18 heavy (non-hydrogen) atoms. The van der Waals surface area contributed by atoms with Gasteiger partial charge in [-0.2, -0.15) is 9.49 Å². The van der Waals surface area contributed by atoms with E-state index < -0.39 is 22.2 Å². The summed E-state index contributed by atoms with van der Waals surface area (Å²) in [5.41, 5.74) is 4.32. The average molecular weight is 254 g/mol. The number of nitro benzene ring substituents is 1. The molecule has 8 heteroatoms.